The first kappa shape index (κ1) is 15.1. The number of carboxylic acids is 2. The zero-order valence-electron chi connectivity index (χ0n) is 9.84. The molecule has 1 aromatic carbocycles. The van der Waals surface area contributed by atoms with Crippen LogP contribution in [-0.4, -0.2) is 34.0 Å². The second-order valence-corrected chi connectivity index (χ2v) is 3.47. The minimum Gasteiger partial charge on any atom is -0.478 e. The van der Waals surface area contributed by atoms with E-state index in [1.807, 2.05) is 0 Å². The van der Waals surface area contributed by atoms with Gasteiger partial charge in [0.1, 0.15) is 0 Å². The summed E-state index contributed by atoms with van der Waals surface area (Å²) < 4.78 is 0. The molecule has 0 saturated heterocycles. The molecule has 0 fully saturated rings. The molecule has 0 heterocycles. The molecule has 1 aromatic rings. The number of hydrogen-bond donors (Lipinski definition) is 6. The van der Waals surface area contributed by atoms with Crippen LogP contribution in [0.1, 0.15) is 41.4 Å². The molecule has 0 aliphatic heterocycles. The maximum Gasteiger partial charge on any atom is 0.337 e. The van der Waals surface area contributed by atoms with E-state index in [0.29, 0.717) is 0 Å². The van der Waals surface area contributed by atoms with Gasteiger partial charge in [-0.1, -0.05) is 0 Å². The van der Waals surface area contributed by atoms with Crippen LogP contribution in [0.25, 0.3) is 0 Å². The molecule has 0 bridgehead atoms. The van der Waals surface area contributed by atoms with E-state index in [4.69, 9.17) is 21.9 Å². The fourth-order valence-electron chi connectivity index (χ4n) is 1.58. The average Bonchev–Trinajstić information content (AvgIpc) is 2.43. The zero-order valence-corrected chi connectivity index (χ0v) is 9.84. The summed E-state index contributed by atoms with van der Waals surface area (Å²) >= 11 is 0. The van der Waals surface area contributed by atoms with Crippen LogP contribution in [0.15, 0.2) is 12.1 Å². The Kier molecular flexibility index (Phi) is 4.35. The van der Waals surface area contributed by atoms with Gasteiger partial charge in [-0.25, -0.2) is 21.3 Å². The summed E-state index contributed by atoms with van der Waals surface area (Å²) in [5, 5.41) is 18.0. The van der Waals surface area contributed by atoms with Crippen molar-refractivity contribution in [3.05, 3.63) is 34.4 Å². The van der Waals surface area contributed by atoms with Crippen LogP contribution >= 0.6 is 0 Å². The number of nitrogens with one attached hydrogen (secondary N) is 2. The minimum atomic E-state index is -1.70. The van der Waals surface area contributed by atoms with Gasteiger partial charge in [0.05, 0.1) is 22.3 Å². The Labute approximate surface area is 111 Å². The molecule has 0 saturated carbocycles. The normalized spacial score (nSPS) is 9.70. The highest BCUT2D eigenvalue weighted by molar-refractivity contribution is 6.16. The molecule has 0 aromatic heterocycles. The maximum atomic E-state index is 11.6. The van der Waals surface area contributed by atoms with Crippen molar-refractivity contribution in [1.29, 1.82) is 0 Å². The van der Waals surface area contributed by atoms with Gasteiger partial charge in [0.15, 0.2) is 0 Å². The molecule has 1 rings (SSSR count). The quantitative estimate of drug-likeness (QED) is 0.214. The SMILES string of the molecule is NNC(=O)c1ccc(C(=O)O)c(C(=O)O)c1C(=O)NN. The summed E-state index contributed by atoms with van der Waals surface area (Å²) in [5.41, 5.74) is 0.729. The van der Waals surface area contributed by atoms with Crippen molar-refractivity contribution >= 4 is 23.8 Å². The Morgan fingerprint density at radius 2 is 1.30 bits per heavy atom. The van der Waals surface area contributed by atoms with Gasteiger partial charge in [0.25, 0.3) is 11.8 Å². The molecule has 2 amide bonds. The maximum absolute atomic E-state index is 11.6. The molecular weight excluding hydrogens is 272 g/mol. The van der Waals surface area contributed by atoms with E-state index in [2.05, 4.69) is 0 Å². The molecule has 0 aliphatic rings. The lowest BCUT2D eigenvalue weighted by Crippen LogP contribution is -2.37. The summed E-state index contributed by atoms with van der Waals surface area (Å²) in [7, 11) is 0. The zero-order chi connectivity index (χ0) is 15.4. The number of benzene rings is 1. The van der Waals surface area contributed by atoms with E-state index in [1.165, 1.54) is 0 Å². The van der Waals surface area contributed by atoms with Crippen molar-refractivity contribution in [3.8, 4) is 0 Å². The Bertz CT molecular complexity index is 612. The number of hydrogen-bond acceptors (Lipinski definition) is 6. The molecular formula is C10H10N4O6. The largest absolute Gasteiger partial charge is 0.478 e. The lowest BCUT2D eigenvalue weighted by atomic mass is 9.94. The molecule has 0 unspecified atom stereocenters. The molecule has 0 atom stereocenters. The van der Waals surface area contributed by atoms with E-state index >= 15 is 0 Å². The average molecular weight is 282 g/mol. The smallest absolute Gasteiger partial charge is 0.337 e. The van der Waals surface area contributed by atoms with Gasteiger partial charge >= 0.3 is 11.9 Å². The Morgan fingerprint density at radius 3 is 1.70 bits per heavy atom. The van der Waals surface area contributed by atoms with Crippen LogP contribution < -0.4 is 22.5 Å². The van der Waals surface area contributed by atoms with E-state index in [0.717, 1.165) is 12.1 Å². The first-order valence-electron chi connectivity index (χ1n) is 5.00. The van der Waals surface area contributed by atoms with Crippen molar-refractivity contribution in [3.63, 3.8) is 0 Å². The summed E-state index contributed by atoms with van der Waals surface area (Å²) in [4.78, 5) is 45.3. The fraction of sp³-hybridized carbons (Fsp3) is 0. The molecule has 20 heavy (non-hydrogen) atoms. The monoisotopic (exact) mass is 282 g/mol. The first-order chi connectivity index (χ1) is 9.34. The Hall–Kier alpha value is -2.98. The third-order valence-corrected chi connectivity index (χ3v) is 2.38. The van der Waals surface area contributed by atoms with E-state index in [-0.39, 0.29) is 0 Å². The van der Waals surface area contributed by atoms with Gasteiger partial charge in [0.2, 0.25) is 0 Å². The number of carbonyl (C=O) groups excluding carboxylic acids is 2. The fourth-order valence-corrected chi connectivity index (χ4v) is 1.58. The van der Waals surface area contributed by atoms with Crippen LogP contribution in [0, 0.1) is 0 Å². The molecule has 0 aliphatic carbocycles. The Balaban J connectivity index is 3.79. The van der Waals surface area contributed by atoms with Gasteiger partial charge in [-0.05, 0) is 12.1 Å². The molecule has 0 radical (unpaired) electrons. The predicted molar refractivity (Wildman–Crippen MR) is 63.7 cm³/mol. The lowest BCUT2D eigenvalue weighted by Gasteiger charge is -2.12. The third kappa shape index (κ3) is 2.55. The van der Waals surface area contributed by atoms with Gasteiger partial charge in [-0.15, -0.1) is 0 Å². The highest BCUT2D eigenvalue weighted by Crippen LogP contribution is 2.20. The third-order valence-electron chi connectivity index (χ3n) is 2.38. The summed E-state index contributed by atoms with van der Waals surface area (Å²) in [5.74, 6) is 4.44. The molecule has 0 spiro atoms. The van der Waals surface area contributed by atoms with Crippen molar-refractivity contribution in [2.24, 2.45) is 11.7 Å². The number of nitrogen functional groups attached to an aromatic ring is 2. The summed E-state index contributed by atoms with van der Waals surface area (Å²) in [6.07, 6.45) is 0. The second kappa shape index (κ2) is 5.77. The number of rotatable bonds is 4. The predicted octanol–water partition coefficient (Wildman–Crippen LogP) is -1.71. The van der Waals surface area contributed by atoms with Crippen molar-refractivity contribution in [1.82, 2.24) is 10.9 Å². The summed E-state index contributed by atoms with van der Waals surface area (Å²) in [6.45, 7) is 0. The topological polar surface area (TPSA) is 185 Å². The molecule has 8 N–H and O–H groups in total. The van der Waals surface area contributed by atoms with Crippen molar-refractivity contribution in [2.75, 3.05) is 0 Å². The number of carboxylic acid groups (broad SMARTS) is 2. The van der Waals surface area contributed by atoms with Crippen LogP contribution in [-0.2, 0) is 0 Å². The number of hydrazine groups is 2. The van der Waals surface area contributed by atoms with Crippen LogP contribution in [0.3, 0.4) is 0 Å². The van der Waals surface area contributed by atoms with E-state index in [1.54, 1.807) is 10.9 Å². The van der Waals surface area contributed by atoms with Gasteiger partial charge in [-0.3, -0.25) is 20.4 Å². The van der Waals surface area contributed by atoms with Crippen molar-refractivity contribution < 1.29 is 29.4 Å². The number of nitrogens with two attached hydrogens (primary N) is 2. The lowest BCUT2D eigenvalue weighted by molar-refractivity contribution is 0.0648. The van der Waals surface area contributed by atoms with Gasteiger partial charge in [0, 0.05) is 0 Å². The number of carbonyl (C=O) groups is 4. The number of amides is 2. The molecule has 10 nitrogen and oxygen atoms in total. The first-order valence-corrected chi connectivity index (χ1v) is 5.00. The van der Waals surface area contributed by atoms with E-state index < -0.39 is 46.0 Å². The van der Waals surface area contributed by atoms with Crippen LogP contribution in [0.2, 0.25) is 0 Å². The van der Waals surface area contributed by atoms with Gasteiger partial charge in [-0.2, -0.15) is 0 Å². The van der Waals surface area contributed by atoms with Crippen LogP contribution in [0.4, 0.5) is 0 Å². The van der Waals surface area contributed by atoms with E-state index in [9.17, 15) is 19.2 Å². The minimum absolute atomic E-state index is 0.419. The van der Waals surface area contributed by atoms with Crippen molar-refractivity contribution in [2.45, 2.75) is 0 Å². The second-order valence-electron chi connectivity index (χ2n) is 3.47. The molecule has 10 heteroatoms. The van der Waals surface area contributed by atoms with Gasteiger partial charge < -0.3 is 10.2 Å². The van der Waals surface area contributed by atoms with Crippen LogP contribution in [0.5, 0.6) is 0 Å². The molecule has 106 valence electrons. The standard InChI is InChI=1S/C10H10N4O6/c11-13-7(15)3-1-2-4(9(17)18)6(10(19)20)5(3)8(16)14-12/h1-2H,11-12H2,(H,13,15)(H,14,16)(H,17,18)(H,19,20). The Morgan fingerprint density at radius 1 is 0.800 bits per heavy atom. The highest BCUT2D eigenvalue weighted by Gasteiger charge is 2.29. The highest BCUT2D eigenvalue weighted by atomic mass is 16.4. The number of aromatic carboxylic acids is 2. The summed E-state index contributed by atoms with van der Waals surface area (Å²) in [6, 6.07) is 1.84.